The van der Waals surface area contributed by atoms with Crippen molar-refractivity contribution in [3.8, 4) is 5.75 Å². The molecule has 0 aliphatic heterocycles. The fourth-order valence-corrected chi connectivity index (χ4v) is 1.87. The Morgan fingerprint density at radius 1 is 1.53 bits per heavy atom. The Bertz CT molecular complexity index is 438. The van der Waals surface area contributed by atoms with E-state index in [2.05, 4.69) is 15.9 Å². The van der Waals surface area contributed by atoms with Crippen molar-refractivity contribution in [1.82, 2.24) is 0 Å². The standard InChI is InChI=1S/C13H15BrO3/c1-9(4-3-5-13(15)16)11-8-10(14)6-7-12(11)17-2/h4,6-8H,3,5H2,1-2H3,(H,15,16)/b9-4+. The number of carbonyl (C=O) groups is 1. The monoisotopic (exact) mass is 298 g/mol. The van der Waals surface area contributed by atoms with Crippen LogP contribution in [0.5, 0.6) is 5.75 Å². The molecule has 4 heteroatoms. The first-order valence-corrected chi connectivity index (χ1v) is 6.06. The molecule has 0 saturated heterocycles. The molecule has 0 fully saturated rings. The minimum Gasteiger partial charge on any atom is -0.496 e. The lowest BCUT2D eigenvalue weighted by Crippen LogP contribution is -1.93. The van der Waals surface area contributed by atoms with Crippen LogP contribution in [-0.4, -0.2) is 18.2 Å². The van der Waals surface area contributed by atoms with Crippen molar-refractivity contribution in [1.29, 1.82) is 0 Å². The molecule has 0 aliphatic rings. The van der Waals surface area contributed by atoms with Gasteiger partial charge in [-0.25, -0.2) is 0 Å². The molecule has 0 unspecified atom stereocenters. The van der Waals surface area contributed by atoms with Gasteiger partial charge < -0.3 is 9.84 Å². The van der Waals surface area contributed by atoms with E-state index in [9.17, 15) is 4.79 Å². The quantitative estimate of drug-likeness (QED) is 0.901. The zero-order chi connectivity index (χ0) is 12.8. The van der Waals surface area contributed by atoms with E-state index in [-0.39, 0.29) is 6.42 Å². The fraction of sp³-hybridized carbons (Fsp3) is 0.308. The maximum absolute atomic E-state index is 10.4. The summed E-state index contributed by atoms with van der Waals surface area (Å²) in [5.41, 5.74) is 2.00. The highest BCUT2D eigenvalue weighted by Gasteiger charge is 2.05. The molecule has 1 N–H and O–H groups in total. The highest BCUT2D eigenvalue weighted by molar-refractivity contribution is 9.10. The van der Waals surface area contributed by atoms with Gasteiger partial charge in [0.05, 0.1) is 7.11 Å². The Balaban J connectivity index is 2.90. The molecule has 92 valence electrons. The predicted molar refractivity (Wildman–Crippen MR) is 71.2 cm³/mol. The van der Waals surface area contributed by atoms with Gasteiger partial charge in [-0.2, -0.15) is 0 Å². The van der Waals surface area contributed by atoms with Crippen molar-refractivity contribution in [2.24, 2.45) is 0 Å². The Hall–Kier alpha value is -1.29. The average molecular weight is 299 g/mol. The van der Waals surface area contributed by atoms with Gasteiger partial charge in [-0.1, -0.05) is 22.0 Å². The number of halogens is 1. The van der Waals surface area contributed by atoms with Crippen LogP contribution in [0.1, 0.15) is 25.3 Å². The summed E-state index contributed by atoms with van der Waals surface area (Å²) in [5.74, 6) is 0.00697. The topological polar surface area (TPSA) is 46.5 Å². The van der Waals surface area contributed by atoms with Crippen LogP contribution in [0, 0.1) is 0 Å². The van der Waals surface area contributed by atoms with Crippen LogP contribution >= 0.6 is 15.9 Å². The smallest absolute Gasteiger partial charge is 0.303 e. The number of ether oxygens (including phenoxy) is 1. The van der Waals surface area contributed by atoms with Gasteiger partial charge in [-0.05, 0) is 37.1 Å². The van der Waals surface area contributed by atoms with Gasteiger partial charge in [-0.15, -0.1) is 0 Å². The van der Waals surface area contributed by atoms with E-state index in [0.717, 1.165) is 21.4 Å². The minimum atomic E-state index is -0.782. The van der Waals surface area contributed by atoms with E-state index in [1.165, 1.54) is 0 Å². The third-order valence-electron chi connectivity index (χ3n) is 2.40. The van der Waals surface area contributed by atoms with Crippen molar-refractivity contribution in [2.75, 3.05) is 7.11 Å². The molecule has 1 aromatic rings. The van der Waals surface area contributed by atoms with Gasteiger partial charge in [0.15, 0.2) is 0 Å². The second kappa shape index (κ2) is 6.45. The van der Waals surface area contributed by atoms with Crippen molar-refractivity contribution in [3.63, 3.8) is 0 Å². The summed E-state index contributed by atoms with van der Waals surface area (Å²) in [6.07, 6.45) is 2.59. The van der Waals surface area contributed by atoms with Crippen LogP contribution in [0.25, 0.3) is 5.57 Å². The van der Waals surface area contributed by atoms with E-state index in [1.807, 2.05) is 31.2 Å². The molecule has 0 aromatic heterocycles. The van der Waals surface area contributed by atoms with Crippen molar-refractivity contribution in [3.05, 3.63) is 34.3 Å². The molecular formula is C13H15BrO3. The molecule has 0 spiro atoms. The highest BCUT2D eigenvalue weighted by atomic mass is 79.9. The summed E-state index contributed by atoms with van der Waals surface area (Å²) >= 11 is 3.41. The molecule has 0 atom stereocenters. The van der Waals surface area contributed by atoms with Gasteiger partial charge in [0.25, 0.3) is 0 Å². The number of hydrogen-bond acceptors (Lipinski definition) is 2. The van der Waals surface area contributed by atoms with Gasteiger partial charge >= 0.3 is 5.97 Å². The third-order valence-corrected chi connectivity index (χ3v) is 2.89. The summed E-state index contributed by atoms with van der Waals surface area (Å²) in [4.78, 5) is 10.4. The zero-order valence-corrected chi connectivity index (χ0v) is 11.5. The van der Waals surface area contributed by atoms with Crippen LogP contribution < -0.4 is 4.74 Å². The van der Waals surface area contributed by atoms with E-state index in [1.54, 1.807) is 7.11 Å². The second-order valence-corrected chi connectivity index (χ2v) is 4.58. The minimum absolute atomic E-state index is 0.146. The third kappa shape index (κ3) is 4.23. The molecule has 0 saturated carbocycles. The molecule has 1 rings (SSSR count). The second-order valence-electron chi connectivity index (χ2n) is 3.66. The number of carboxylic acids is 1. The number of benzene rings is 1. The van der Waals surface area contributed by atoms with Crippen LogP contribution in [0.15, 0.2) is 28.7 Å². The molecule has 1 aromatic carbocycles. The molecule has 0 heterocycles. The molecule has 0 amide bonds. The summed E-state index contributed by atoms with van der Waals surface area (Å²) in [5, 5.41) is 8.58. The number of methoxy groups -OCH3 is 1. The van der Waals surface area contributed by atoms with Gasteiger partial charge in [0.2, 0.25) is 0 Å². The number of rotatable bonds is 5. The summed E-state index contributed by atoms with van der Waals surface area (Å²) in [7, 11) is 1.62. The van der Waals surface area contributed by atoms with Crippen molar-refractivity contribution in [2.45, 2.75) is 19.8 Å². The number of hydrogen-bond donors (Lipinski definition) is 1. The first-order chi connectivity index (χ1) is 8.04. The molecule has 3 nitrogen and oxygen atoms in total. The largest absolute Gasteiger partial charge is 0.496 e. The van der Waals surface area contributed by atoms with Gasteiger partial charge in [0, 0.05) is 16.5 Å². The Morgan fingerprint density at radius 3 is 2.82 bits per heavy atom. The normalized spacial score (nSPS) is 11.4. The summed E-state index contributed by atoms with van der Waals surface area (Å²) in [6.45, 7) is 1.95. The molecule has 17 heavy (non-hydrogen) atoms. The lowest BCUT2D eigenvalue weighted by molar-refractivity contribution is -0.136. The zero-order valence-electron chi connectivity index (χ0n) is 9.87. The molecule has 0 bridgehead atoms. The molecule has 0 radical (unpaired) electrons. The maximum Gasteiger partial charge on any atom is 0.303 e. The Morgan fingerprint density at radius 2 is 2.24 bits per heavy atom. The summed E-state index contributed by atoms with van der Waals surface area (Å²) in [6, 6.07) is 5.76. The molecular weight excluding hydrogens is 284 g/mol. The van der Waals surface area contributed by atoms with Crippen LogP contribution in [0.2, 0.25) is 0 Å². The number of carboxylic acid groups (broad SMARTS) is 1. The highest BCUT2D eigenvalue weighted by Crippen LogP contribution is 2.29. The summed E-state index contributed by atoms with van der Waals surface area (Å²) < 4.78 is 6.24. The van der Waals surface area contributed by atoms with Gasteiger partial charge in [-0.3, -0.25) is 4.79 Å². The van der Waals surface area contributed by atoms with Crippen molar-refractivity contribution >= 4 is 27.5 Å². The van der Waals surface area contributed by atoms with Crippen LogP contribution in [0.3, 0.4) is 0 Å². The first-order valence-electron chi connectivity index (χ1n) is 5.27. The van der Waals surface area contributed by atoms with E-state index in [0.29, 0.717) is 6.42 Å². The molecule has 0 aliphatic carbocycles. The fourth-order valence-electron chi connectivity index (χ4n) is 1.51. The Labute approximate surface area is 109 Å². The van der Waals surface area contributed by atoms with Gasteiger partial charge in [0.1, 0.15) is 5.75 Å². The maximum atomic E-state index is 10.4. The number of allylic oxidation sites excluding steroid dienone is 2. The Kier molecular flexibility index (Phi) is 5.22. The van der Waals surface area contributed by atoms with Crippen LogP contribution in [0.4, 0.5) is 0 Å². The van der Waals surface area contributed by atoms with E-state index in [4.69, 9.17) is 9.84 Å². The average Bonchev–Trinajstić information content (AvgIpc) is 2.28. The predicted octanol–water partition coefficient (Wildman–Crippen LogP) is 3.73. The van der Waals surface area contributed by atoms with Crippen molar-refractivity contribution < 1.29 is 14.6 Å². The number of aliphatic carboxylic acids is 1. The van der Waals surface area contributed by atoms with E-state index < -0.39 is 5.97 Å². The first kappa shape index (κ1) is 13.8. The van der Waals surface area contributed by atoms with E-state index >= 15 is 0 Å². The SMILES string of the molecule is COc1ccc(Br)cc1/C(C)=C/CCC(=O)O. The lowest BCUT2D eigenvalue weighted by Gasteiger charge is -2.09. The lowest BCUT2D eigenvalue weighted by atomic mass is 10.0. The van der Waals surface area contributed by atoms with Crippen LogP contribution in [-0.2, 0) is 4.79 Å².